The number of methoxy groups -OCH3 is 3. The minimum Gasteiger partial charge on any atom is -0.493 e. The molecule has 1 atom stereocenters. The van der Waals surface area contributed by atoms with Gasteiger partial charge in [0.25, 0.3) is 5.91 Å². The van der Waals surface area contributed by atoms with Gasteiger partial charge in [0.2, 0.25) is 11.7 Å². The standard InChI is InChI=1S/C16H22N2O7S/c1-23-12-5-4-11(14(24-2)15(12)25-3)16(20)18-17-13(19)8-10-6-7-26(21,22)9-10/h4-5,10H,6-9H2,1-3H3,(H,17,19)(H,18,20)/t10-/m1/s1. The molecule has 0 radical (unpaired) electrons. The number of carbonyl (C=O) groups excluding carboxylic acids is 2. The van der Waals surface area contributed by atoms with Gasteiger partial charge in [-0.2, -0.15) is 0 Å². The molecule has 144 valence electrons. The summed E-state index contributed by atoms with van der Waals surface area (Å²) in [6, 6.07) is 3.02. The first kappa shape index (κ1) is 19.8. The molecule has 1 heterocycles. The van der Waals surface area contributed by atoms with Crippen LogP contribution < -0.4 is 25.1 Å². The lowest BCUT2D eigenvalue weighted by Crippen LogP contribution is -2.42. The van der Waals surface area contributed by atoms with Crippen LogP contribution in [0, 0.1) is 5.92 Å². The fourth-order valence-electron chi connectivity index (χ4n) is 2.82. The van der Waals surface area contributed by atoms with Crippen LogP contribution in [-0.4, -0.2) is 53.1 Å². The zero-order valence-electron chi connectivity index (χ0n) is 14.8. The van der Waals surface area contributed by atoms with Crippen molar-refractivity contribution >= 4 is 21.7 Å². The Labute approximate surface area is 151 Å². The van der Waals surface area contributed by atoms with Gasteiger partial charge >= 0.3 is 0 Å². The summed E-state index contributed by atoms with van der Waals surface area (Å²) < 4.78 is 38.4. The highest BCUT2D eigenvalue weighted by Crippen LogP contribution is 2.39. The van der Waals surface area contributed by atoms with Crippen LogP contribution in [0.4, 0.5) is 0 Å². The van der Waals surface area contributed by atoms with E-state index in [1.165, 1.54) is 27.4 Å². The normalized spacial score (nSPS) is 18.0. The third-order valence-corrected chi connectivity index (χ3v) is 5.90. The molecule has 2 rings (SSSR count). The zero-order valence-corrected chi connectivity index (χ0v) is 15.6. The van der Waals surface area contributed by atoms with Crippen molar-refractivity contribution in [3.63, 3.8) is 0 Å². The summed E-state index contributed by atoms with van der Waals surface area (Å²) in [6.45, 7) is 0. The fraction of sp³-hybridized carbons (Fsp3) is 0.500. The summed E-state index contributed by atoms with van der Waals surface area (Å²) in [5, 5.41) is 0. The monoisotopic (exact) mass is 386 g/mol. The smallest absolute Gasteiger partial charge is 0.273 e. The average Bonchev–Trinajstić information content (AvgIpc) is 2.96. The average molecular weight is 386 g/mol. The van der Waals surface area contributed by atoms with Crippen LogP contribution in [0.5, 0.6) is 17.2 Å². The highest BCUT2D eigenvalue weighted by atomic mass is 32.2. The van der Waals surface area contributed by atoms with E-state index < -0.39 is 21.7 Å². The number of carbonyl (C=O) groups is 2. The van der Waals surface area contributed by atoms with E-state index in [0.29, 0.717) is 12.2 Å². The summed E-state index contributed by atoms with van der Waals surface area (Å²) in [5.41, 5.74) is 4.73. The molecule has 26 heavy (non-hydrogen) atoms. The minimum absolute atomic E-state index is 0.00212. The maximum absolute atomic E-state index is 12.3. The van der Waals surface area contributed by atoms with Crippen LogP contribution in [0.3, 0.4) is 0 Å². The summed E-state index contributed by atoms with van der Waals surface area (Å²) >= 11 is 0. The molecule has 1 aromatic rings. The molecule has 1 aromatic carbocycles. The molecule has 2 N–H and O–H groups in total. The molecule has 0 aromatic heterocycles. The Hall–Kier alpha value is -2.49. The second-order valence-corrected chi connectivity index (χ2v) is 8.09. The van der Waals surface area contributed by atoms with Gasteiger partial charge in [0, 0.05) is 6.42 Å². The summed E-state index contributed by atoms with van der Waals surface area (Å²) in [5.74, 6) is -0.376. The lowest BCUT2D eigenvalue weighted by molar-refractivity contribution is -0.122. The molecular formula is C16H22N2O7S. The fourth-order valence-corrected chi connectivity index (χ4v) is 4.68. The molecule has 1 aliphatic heterocycles. The van der Waals surface area contributed by atoms with E-state index in [0.717, 1.165) is 0 Å². The Morgan fingerprint density at radius 3 is 2.31 bits per heavy atom. The number of hydrogen-bond donors (Lipinski definition) is 2. The third kappa shape index (κ3) is 4.57. The van der Waals surface area contributed by atoms with E-state index in [4.69, 9.17) is 14.2 Å². The van der Waals surface area contributed by atoms with Crippen molar-refractivity contribution in [1.29, 1.82) is 0 Å². The van der Waals surface area contributed by atoms with Crippen molar-refractivity contribution in [3.8, 4) is 17.2 Å². The number of hydrogen-bond acceptors (Lipinski definition) is 7. The van der Waals surface area contributed by atoms with E-state index in [1.54, 1.807) is 6.07 Å². The van der Waals surface area contributed by atoms with E-state index in [1.807, 2.05) is 0 Å². The summed E-state index contributed by atoms with van der Waals surface area (Å²) in [6.07, 6.45) is 0.482. The van der Waals surface area contributed by atoms with Gasteiger partial charge in [-0.25, -0.2) is 8.42 Å². The lowest BCUT2D eigenvalue weighted by atomic mass is 10.1. The number of nitrogens with one attached hydrogen (secondary N) is 2. The van der Waals surface area contributed by atoms with Crippen LogP contribution in [0.15, 0.2) is 12.1 Å². The molecule has 1 aliphatic rings. The first-order valence-electron chi connectivity index (χ1n) is 7.90. The molecular weight excluding hydrogens is 364 g/mol. The second-order valence-electron chi connectivity index (χ2n) is 5.86. The third-order valence-electron chi connectivity index (χ3n) is 4.07. The zero-order chi connectivity index (χ0) is 19.3. The van der Waals surface area contributed by atoms with Gasteiger partial charge in [-0.3, -0.25) is 20.4 Å². The van der Waals surface area contributed by atoms with Crippen molar-refractivity contribution < 1.29 is 32.2 Å². The van der Waals surface area contributed by atoms with Gasteiger partial charge in [0.15, 0.2) is 21.3 Å². The molecule has 0 bridgehead atoms. The first-order chi connectivity index (χ1) is 12.3. The van der Waals surface area contributed by atoms with E-state index in [-0.39, 0.29) is 40.9 Å². The number of amides is 2. The van der Waals surface area contributed by atoms with Crippen molar-refractivity contribution in [2.75, 3.05) is 32.8 Å². The molecule has 0 spiro atoms. The Morgan fingerprint density at radius 1 is 1.08 bits per heavy atom. The SMILES string of the molecule is COc1ccc(C(=O)NNC(=O)C[C@H]2CCS(=O)(=O)C2)c(OC)c1OC. The number of rotatable bonds is 6. The first-order valence-corrected chi connectivity index (χ1v) is 9.72. The maximum Gasteiger partial charge on any atom is 0.273 e. The predicted octanol–water partition coefficient (Wildman–Crippen LogP) is 0.298. The van der Waals surface area contributed by atoms with Crippen molar-refractivity contribution in [3.05, 3.63) is 17.7 Å². The molecule has 0 saturated carbocycles. The molecule has 9 nitrogen and oxygen atoms in total. The van der Waals surface area contributed by atoms with Crippen LogP contribution >= 0.6 is 0 Å². The van der Waals surface area contributed by atoms with Gasteiger partial charge in [-0.05, 0) is 24.5 Å². The maximum atomic E-state index is 12.3. The predicted molar refractivity (Wildman–Crippen MR) is 93.1 cm³/mol. The van der Waals surface area contributed by atoms with Crippen LogP contribution in [0.2, 0.25) is 0 Å². The molecule has 10 heteroatoms. The number of ether oxygens (including phenoxy) is 3. The van der Waals surface area contributed by atoms with Crippen LogP contribution in [0.1, 0.15) is 23.2 Å². The minimum atomic E-state index is -3.05. The highest BCUT2D eigenvalue weighted by Gasteiger charge is 2.29. The lowest BCUT2D eigenvalue weighted by Gasteiger charge is -2.16. The van der Waals surface area contributed by atoms with Crippen molar-refractivity contribution in [2.24, 2.45) is 5.92 Å². The highest BCUT2D eigenvalue weighted by molar-refractivity contribution is 7.91. The Kier molecular flexibility index (Phi) is 6.30. The van der Waals surface area contributed by atoms with Gasteiger partial charge in [-0.15, -0.1) is 0 Å². The number of sulfone groups is 1. The van der Waals surface area contributed by atoms with Gasteiger partial charge in [-0.1, -0.05) is 0 Å². The van der Waals surface area contributed by atoms with Crippen LogP contribution in [-0.2, 0) is 14.6 Å². The van der Waals surface area contributed by atoms with Gasteiger partial charge in [0.1, 0.15) is 0 Å². The summed E-state index contributed by atoms with van der Waals surface area (Å²) in [4.78, 5) is 24.3. The van der Waals surface area contributed by atoms with Gasteiger partial charge < -0.3 is 14.2 Å². The second kappa shape index (κ2) is 8.26. The largest absolute Gasteiger partial charge is 0.493 e. The molecule has 1 saturated heterocycles. The number of hydrazine groups is 1. The Morgan fingerprint density at radius 2 is 1.77 bits per heavy atom. The molecule has 1 fully saturated rings. The van der Waals surface area contributed by atoms with E-state index in [9.17, 15) is 18.0 Å². The topological polar surface area (TPSA) is 120 Å². The van der Waals surface area contributed by atoms with E-state index >= 15 is 0 Å². The van der Waals surface area contributed by atoms with Crippen molar-refractivity contribution in [1.82, 2.24) is 10.9 Å². The van der Waals surface area contributed by atoms with Crippen molar-refractivity contribution in [2.45, 2.75) is 12.8 Å². The van der Waals surface area contributed by atoms with Gasteiger partial charge in [0.05, 0.1) is 38.4 Å². The summed E-state index contributed by atoms with van der Waals surface area (Å²) in [7, 11) is 1.21. The Balaban J connectivity index is 2.00. The molecule has 2 amide bonds. The number of benzene rings is 1. The molecule has 0 unspecified atom stereocenters. The molecule has 0 aliphatic carbocycles. The quantitative estimate of drug-likeness (QED) is 0.675. The Bertz CT molecular complexity index is 792. The van der Waals surface area contributed by atoms with Crippen LogP contribution in [0.25, 0.3) is 0 Å². The van der Waals surface area contributed by atoms with E-state index in [2.05, 4.69) is 10.9 Å².